The van der Waals surface area contributed by atoms with E-state index in [2.05, 4.69) is 5.32 Å². The first-order valence-corrected chi connectivity index (χ1v) is 10.7. The monoisotopic (exact) mass is 407 g/mol. The van der Waals surface area contributed by atoms with Gasteiger partial charge in [-0.15, -0.1) is 0 Å². The molecule has 0 radical (unpaired) electrons. The number of hydrogen-bond donors (Lipinski definition) is 2. The Morgan fingerprint density at radius 1 is 0.889 bits per heavy atom. The molecule has 2 N–H and O–H groups in total. The third-order valence-corrected chi connectivity index (χ3v) is 6.06. The van der Waals surface area contributed by atoms with Crippen molar-refractivity contribution in [3.05, 3.63) is 60.2 Å². The average molecular weight is 407 g/mol. The van der Waals surface area contributed by atoms with Gasteiger partial charge in [0.25, 0.3) is 10.1 Å². The number of hydrogen-bond acceptors (Lipinski definition) is 6. The maximum absolute atomic E-state index is 12.6. The summed E-state index contributed by atoms with van der Waals surface area (Å²) >= 11 is 0. The molecule has 9 heteroatoms. The fourth-order valence-corrected chi connectivity index (χ4v) is 4.02. The quantitative estimate of drug-likeness (QED) is 0.494. The molecule has 0 atom stereocenters. The van der Waals surface area contributed by atoms with Crippen LogP contribution in [0.25, 0.3) is 10.8 Å². The van der Waals surface area contributed by atoms with Gasteiger partial charge in [-0.05, 0) is 48.7 Å². The summed E-state index contributed by atoms with van der Waals surface area (Å²) < 4.78 is 63.0. The number of rotatable bonds is 5. The van der Waals surface area contributed by atoms with Crippen molar-refractivity contribution in [3.63, 3.8) is 0 Å². The van der Waals surface area contributed by atoms with E-state index in [1.165, 1.54) is 18.2 Å². The van der Waals surface area contributed by atoms with Crippen LogP contribution in [0.15, 0.2) is 64.4 Å². The van der Waals surface area contributed by atoms with E-state index in [0.29, 0.717) is 16.5 Å². The SMILES string of the molecule is CNc1ccc2c(OS(=O)(=O)c3ccc(C)cc3)cc(S(=O)(=O)O)cc2c1. The van der Waals surface area contributed by atoms with Gasteiger partial charge in [0, 0.05) is 24.2 Å². The maximum atomic E-state index is 12.6. The largest absolute Gasteiger partial charge is 0.388 e. The minimum Gasteiger partial charge on any atom is -0.388 e. The highest BCUT2D eigenvalue weighted by atomic mass is 32.2. The molecule has 3 aromatic rings. The predicted molar refractivity (Wildman–Crippen MR) is 102 cm³/mol. The summed E-state index contributed by atoms with van der Waals surface area (Å²) in [6, 6.07) is 13.2. The van der Waals surface area contributed by atoms with Gasteiger partial charge in [-0.1, -0.05) is 17.7 Å². The Morgan fingerprint density at radius 3 is 2.15 bits per heavy atom. The van der Waals surface area contributed by atoms with Crippen molar-refractivity contribution >= 4 is 36.7 Å². The molecule has 0 amide bonds. The Hall–Kier alpha value is -2.62. The molecule has 0 aliphatic carbocycles. The van der Waals surface area contributed by atoms with E-state index >= 15 is 0 Å². The molecule has 0 bridgehead atoms. The van der Waals surface area contributed by atoms with Crippen molar-refractivity contribution in [2.75, 3.05) is 12.4 Å². The number of anilines is 1. The lowest BCUT2D eigenvalue weighted by atomic mass is 10.1. The van der Waals surface area contributed by atoms with Crippen molar-refractivity contribution < 1.29 is 25.6 Å². The summed E-state index contributed by atoms with van der Waals surface area (Å²) in [7, 11) is -7.06. The van der Waals surface area contributed by atoms with E-state index in [9.17, 15) is 21.4 Å². The zero-order chi connectivity index (χ0) is 19.8. The van der Waals surface area contributed by atoms with Crippen LogP contribution in [-0.2, 0) is 20.2 Å². The van der Waals surface area contributed by atoms with Gasteiger partial charge in [0.05, 0.1) is 4.90 Å². The van der Waals surface area contributed by atoms with Crippen LogP contribution in [0.4, 0.5) is 5.69 Å². The van der Waals surface area contributed by atoms with Gasteiger partial charge >= 0.3 is 10.1 Å². The smallest absolute Gasteiger partial charge is 0.339 e. The highest BCUT2D eigenvalue weighted by Crippen LogP contribution is 2.33. The molecule has 7 nitrogen and oxygen atoms in total. The molecule has 0 aromatic heterocycles. The molecule has 0 spiro atoms. The number of aryl methyl sites for hydroxylation is 1. The van der Waals surface area contributed by atoms with E-state index in [1.54, 1.807) is 37.4 Å². The predicted octanol–water partition coefficient (Wildman–Crippen LogP) is 3.20. The summed E-state index contributed by atoms with van der Waals surface area (Å²) in [4.78, 5) is -0.525. The molecule has 0 heterocycles. The topological polar surface area (TPSA) is 110 Å². The molecule has 0 saturated heterocycles. The minimum absolute atomic E-state index is 0.0645. The van der Waals surface area contributed by atoms with Crippen LogP contribution >= 0.6 is 0 Å². The highest BCUT2D eigenvalue weighted by molar-refractivity contribution is 7.87. The third-order valence-electron chi connectivity index (χ3n) is 3.98. The second kappa shape index (κ2) is 6.84. The Kier molecular flexibility index (Phi) is 4.85. The van der Waals surface area contributed by atoms with E-state index in [4.69, 9.17) is 4.18 Å². The van der Waals surface area contributed by atoms with Gasteiger partial charge in [0.1, 0.15) is 4.90 Å². The van der Waals surface area contributed by atoms with Crippen LogP contribution < -0.4 is 9.50 Å². The van der Waals surface area contributed by atoms with Crippen LogP contribution in [0.5, 0.6) is 5.75 Å². The fraction of sp³-hybridized carbons (Fsp3) is 0.111. The minimum atomic E-state index is -4.56. The van der Waals surface area contributed by atoms with E-state index < -0.39 is 25.1 Å². The van der Waals surface area contributed by atoms with Crippen LogP contribution in [-0.4, -0.2) is 28.4 Å². The van der Waals surface area contributed by atoms with Crippen LogP contribution in [0.3, 0.4) is 0 Å². The molecular formula is C18H17NO6S2. The Balaban J connectivity index is 2.18. The van der Waals surface area contributed by atoms with Crippen molar-refractivity contribution in [3.8, 4) is 5.75 Å². The lowest BCUT2D eigenvalue weighted by molar-refractivity contribution is 0.477. The number of nitrogens with one attached hydrogen (secondary N) is 1. The van der Waals surface area contributed by atoms with E-state index in [-0.39, 0.29) is 10.6 Å². The molecule has 3 rings (SSSR count). The first kappa shape index (κ1) is 19.2. The molecule has 27 heavy (non-hydrogen) atoms. The van der Waals surface area contributed by atoms with Crippen LogP contribution in [0.1, 0.15) is 5.56 Å². The molecule has 0 fully saturated rings. The van der Waals surface area contributed by atoms with Crippen molar-refractivity contribution in [1.29, 1.82) is 0 Å². The van der Waals surface area contributed by atoms with Gasteiger partial charge in [0.15, 0.2) is 5.75 Å². The highest BCUT2D eigenvalue weighted by Gasteiger charge is 2.21. The average Bonchev–Trinajstić information content (AvgIpc) is 2.60. The maximum Gasteiger partial charge on any atom is 0.339 e. The summed E-state index contributed by atoms with van der Waals surface area (Å²) in [5.41, 5.74) is 1.56. The van der Waals surface area contributed by atoms with Crippen LogP contribution in [0, 0.1) is 6.92 Å². The lowest BCUT2D eigenvalue weighted by Crippen LogP contribution is -2.10. The second-order valence-electron chi connectivity index (χ2n) is 5.93. The molecule has 0 saturated carbocycles. The number of fused-ring (bicyclic) bond motifs is 1. The van der Waals surface area contributed by atoms with Gasteiger partial charge in [-0.2, -0.15) is 16.8 Å². The van der Waals surface area contributed by atoms with E-state index in [0.717, 1.165) is 11.6 Å². The van der Waals surface area contributed by atoms with Gasteiger partial charge < -0.3 is 9.50 Å². The first-order chi connectivity index (χ1) is 12.6. The van der Waals surface area contributed by atoms with Crippen molar-refractivity contribution in [2.45, 2.75) is 16.7 Å². The lowest BCUT2D eigenvalue weighted by Gasteiger charge is -2.12. The summed E-state index contributed by atoms with van der Waals surface area (Å²) in [5.74, 6) is -0.191. The fourth-order valence-electron chi connectivity index (χ4n) is 2.55. The third kappa shape index (κ3) is 4.05. The zero-order valence-electron chi connectivity index (χ0n) is 14.5. The first-order valence-electron chi connectivity index (χ1n) is 7.84. The molecule has 0 aliphatic heterocycles. The van der Waals surface area contributed by atoms with Crippen molar-refractivity contribution in [2.24, 2.45) is 0 Å². The second-order valence-corrected chi connectivity index (χ2v) is 8.90. The molecular weight excluding hydrogens is 390 g/mol. The van der Waals surface area contributed by atoms with Gasteiger partial charge in [-0.3, -0.25) is 4.55 Å². The number of benzene rings is 3. The Morgan fingerprint density at radius 2 is 1.56 bits per heavy atom. The summed E-state index contributed by atoms with van der Waals surface area (Å²) in [6.07, 6.45) is 0. The Bertz CT molecular complexity index is 1220. The van der Waals surface area contributed by atoms with E-state index in [1.807, 2.05) is 6.92 Å². The molecule has 3 aromatic carbocycles. The van der Waals surface area contributed by atoms with Gasteiger partial charge in [-0.25, -0.2) is 0 Å². The Labute approximate surface area is 157 Å². The van der Waals surface area contributed by atoms with Gasteiger partial charge in [0.2, 0.25) is 0 Å². The standard InChI is InChI=1S/C18H17NO6S2/c1-12-3-6-15(7-4-12)27(23,24)25-18-11-16(26(20,21)22)10-13-9-14(19-2)5-8-17(13)18/h3-11,19H,1-2H3,(H,20,21,22). The zero-order valence-corrected chi connectivity index (χ0v) is 16.1. The molecule has 142 valence electrons. The molecule has 0 aliphatic rings. The molecule has 0 unspecified atom stereocenters. The summed E-state index contributed by atoms with van der Waals surface area (Å²) in [5, 5.41) is 3.69. The normalized spacial score (nSPS) is 12.1. The van der Waals surface area contributed by atoms with Crippen LogP contribution in [0.2, 0.25) is 0 Å². The summed E-state index contributed by atoms with van der Waals surface area (Å²) in [6.45, 7) is 1.82. The van der Waals surface area contributed by atoms with Crippen molar-refractivity contribution in [1.82, 2.24) is 0 Å².